The van der Waals surface area contributed by atoms with Crippen LogP contribution in [-0.4, -0.2) is 54.0 Å². The predicted octanol–water partition coefficient (Wildman–Crippen LogP) is 4.20. The maximum Gasteiger partial charge on any atom is 0.151 e. The molecule has 0 radical (unpaired) electrons. The second-order valence-electron chi connectivity index (χ2n) is 8.50. The SMILES string of the molecule is Cc1cc(N=S(C)C)cc2ncnc(Nc3ccc(F)cc3O[C@@H]3COC4C(C#N)COC43)c12. The number of rotatable bonds is 5. The molecule has 0 spiro atoms. The van der Waals surface area contributed by atoms with Gasteiger partial charge in [0.25, 0.3) is 0 Å². The molecule has 2 saturated heterocycles. The number of fused-ring (bicyclic) bond motifs is 2. The van der Waals surface area contributed by atoms with Gasteiger partial charge in [-0.05, 0) is 49.3 Å². The summed E-state index contributed by atoms with van der Waals surface area (Å²) < 4.78 is 36.5. The number of nitriles is 1. The summed E-state index contributed by atoms with van der Waals surface area (Å²) in [6.07, 6.45) is 4.44. The fourth-order valence-corrected chi connectivity index (χ4v) is 4.92. The number of benzene rings is 2. The molecule has 8 nitrogen and oxygen atoms in total. The van der Waals surface area contributed by atoms with Crippen molar-refractivity contribution in [3.63, 3.8) is 0 Å². The molecule has 3 unspecified atom stereocenters. The van der Waals surface area contributed by atoms with E-state index in [0.717, 1.165) is 22.2 Å². The molecule has 5 rings (SSSR count). The Morgan fingerprint density at radius 2 is 2.00 bits per heavy atom. The fourth-order valence-electron chi connectivity index (χ4n) is 4.39. The smallest absolute Gasteiger partial charge is 0.151 e. The number of hydrogen-bond donors (Lipinski definition) is 1. The zero-order chi connectivity index (χ0) is 23.8. The molecule has 3 aromatic rings. The molecule has 0 saturated carbocycles. The van der Waals surface area contributed by atoms with Crippen LogP contribution in [0.1, 0.15) is 5.56 Å². The summed E-state index contributed by atoms with van der Waals surface area (Å²) in [4.78, 5) is 8.86. The van der Waals surface area contributed by atoms with Crippen LogP contribution >= 0.6 is 0 Å². The molecule has 0 aliphatic carbocycles. The van der Waals surface area contributed by atoms with Crippen molar-refractivity contribution in [2.45, 2.75) is 25.2 Å². The van der Waals surface area contributed by atoms with E-state index in [2.05, 4.69) is 38.2 Å². The summed E-state index contributed by atoms with van der Waals surface area (Å²) >= 11 is 0. The minimum Gasteiger partial charge on any atom is -0.483 e. The molecular weight excluding hydrogens is 457 g/mol. The molecule has 176 valence electrons. The monoisotopic (exact) mass is 481 g/mol. The Hall–Kier alpha value is -3.13. The number of ether oxygens (including phenoxy) is 3. The molecular formula is C24H24FN5O3S. The summed E-state index contributed by atoms with van der Waals surface area (Å²) in [5, 5.41) is 13.4. The lowest BCUT2D eigenvalue weighted by Crippen LogP contribution is -2.33. The Kier molecular flexibility index (Phi) is 6.16. The van der Waals surface area contributed by atoms with E-state index in [1.807, 2.05) is 19.1 Å². The second kappa shape index (κ2) is 9.25. The highest BCUT2D eigenvalue weighted by molar-refractivity contribution is 7.85. The largest absolute Gasteiger partial charge is 0.483 e. The van der Waals surface area contributed by atoms with Gasteiger partial charge < -0.3 is 19.5 Å². The highest BCUT2D eigenvalue weighted by Crippen LogP contribution is 2.37. The van der Waals surface area contributed by atoms with Gasteiger partial charge in [-0.15, -0.1) is 10.7 Å². The summed E-state index contributed by atoms with van der Waals surface area (Å²) in [5.74, 6) is 0.143. The van der Waals surface area contributed by atoms with Gasteiger partial charge in [0.15, 0.2) is 6.10 Å². The molecule has 2 aromatic carbocycles. The Morgan fingerprint density at radius 3 is 2.79 bits per heavy atom. The Labute approximate surface area is 199 Å². The highest BCUT2D eigenvalue weighted by atomic mass is 32.2. The van der Waals surface area contributed by atoms with Crippen LogP contribution in [0.2, 0.25) is 0 Å². The lowest BCUT2D eigenvalue weighted by Gasteiger charge is -2.21. The number of hydrogen-bond acceptors (Lipinski definition) is 8. The molecule has 0 bridgehead atoms. The van der Waals surface area contributed by atoms with Crippen molar-refractivity contribution in [2.24, 2.45) is 10.3 Å². The van der Waals surface area contributed by atoms with E-state index in [1.165, 1.54) is 18.5 Å². The average molecular weight is 482 g/mol. The topological polar surface area (TPSA) is 102 Å². The number of nitrogens with one attached hydrogen (secondary N) is 1. The molecule has 2 fully saturated rings. The fraction of sp³-hybridized carbons (Fsp3) is 0.375. The molecule has 0 amide bonds. The summed E-state index contributed by atoms with van der Waals surface area (Å²) in [7, 11) is -0.0920. The number of anilines is 2. The van der Waals surface area contributed by atoms with E-state index in [-0.39, 0.29) is 35.4 Å². The number of aromatic nitrogens is 2. The van der Waals surface area contributed by atoms with Crippen LogP contribution in [0.4, 0.5) is 21.6 Å². The van der Waals surface area contributed by atoms with Crippen LogP contribution in [0.15, 0.2) is 41.0 Å². The third-order valence-electron chi connectivity index (χ3n) is 5.86. The summed E-state index contributed by atoms with van der Waals surface area (Å²) in [6.45, 7) is 2.56. The lowest BCUT2D eigenvalue weighted by atomic mass is 10.0. The van der Waals surface area contributed by atoms with E-state index >= 15 is 0 Å². The molecule has 1 N–H and O–H groups in total. The third-order valence-corrected chi connectivity index (χ3v) is 6.43. The normalized spacial score (nSPS) is 23.6. The van der Waals surface area contributed by atoms with Gasteiger partial charge in [-0.3, -0.25) is 0 Å². The summed E-state index contributed by atoms with van der Waals surface area (Å²) in [6, 6.07) is 10.4. The maximum absolute atomic E-state index is 14.2. The molecule has 2 aliphatic heterocycles. The van der Waals surface area contributed by atoms with Crippen molar-refractivity contribution in [3.8, 4) is 11.8 Å². The second-order valence-corrected chi connectivity index (χ2v) is 10.2. The average Bonchev–Trinajstić information content (AvgIpc) is 3.37. The van der Waals surface area contributed by atoms with E-state index in [9.17, 15) is 9.65 Å². The zero-order valence-corrected chi connectivity index (χ0v) is 19.8. The zero-order valence-electron chi connectivity index (χ0n) is 19.0. The number of nitrogens with zero attached hydrogens (tertiary/aromatic N) is 4. The van der Waals surface area contributed by atoms with Gasteiger partial charge in [-0.2, -0.15) is 5.26 Å². The first kappa shape index (κ1) is 22.7. The van der Waals surface area contributed by atoms with Crippen LogP contribution in [-0.2, 0) is 20.2 Å². The van der Waals surface area contributed by atoms with Gasteiger partial charge in [0.1, 0.15) is 35.9 Å². The maximum atomic E-state index is 14.2. The number of aryl methyl sites for hydroxylation is 1. The van der Waals surface area contributed by atoms with Gasteiger partial charge in [0.2, 0.25) is 0 Å². The van der Waals surface area contributed by atoms with Crippen molar-refractivity contribution in [1.82, 2.24) is 9.97 Å². The van der Waals surface area contributed by atoms with Gasteiger partial charge in [0.05, 0.1) is 42.1 Å². The quantitative estimate of drug-likeness (QED) is 0.583. The van der Waals surface area contributed by atoms with E-state index in [4.69, 9.17) is 14.2 Å². The third kappa shape index (κ3) is 4.34. The summed E-state index contributed by atoms with van der Waals surface area (Å²) in [5.41, 5.74) is 3.16. The van der Waals surface area contributed by atoms with Crippen LogP contribution in [0.25, 0.3) is 10.9 Å². The van der Waals surface area contributed by atoms with Gasteiger partial charge in [-0.1, -0.05) is 0 Å². The van der Waals surface area contributed by atoms with Crippen LogP contribution < -0.4 is 10.1 Å². The molecule has 3 heterocycles. The van der Waals surface area contributed by atoms with E-state index in [1.54, 1.807) is 6.07 Å². The van der Waals surface area contributed by atoms with Crippen LogP contribution in [0.3, 0.4) is 0 Å². The first-order valence-electron chi connectivity index (χ1n) is 10.8. The van der Waals surface area contributed by atoms with Crippen molar-refractivity contribution < 1.29 is 18.6 Å². The van der Waals surface area contributed by atoms with E-state index in [0.29, 0.717) is 23.9 Å². The lowest BCUT2D eigenvalue weighted by molar-refractivity contribution is 0.0305. The van der Waals surface area contributed by atoms with Gasteiger partial charge in [0, 0.05) is 11.5 Å². The van der Waals surface area contributed by atoms with Crippen LogP contribution in [0, 0.1) is 30.0 Å². The standard InChI is InChI=1S/C24H24FN5O3S/c1-13-6-16(30-34(2)3)8-18-21(13)24(28-12-27-18)29-17-5-4-15(25)7-19(17)33-20-11-32-22-14(9-26)10-31-23(20)22/h4-8,12,14,20,22-23H,10-11H2,1-3H3,(H,27,28,29)/t14?,20-,22?,23?/m1/s1. The molecule has 4 atom stereocenters. The van der Waals surface area contributed by atoms with E-state index < -0.39 is 11.9 Å². The molecule has 10 heteroatoms. The molecule has 1 aromatic heterocycles. The predicted molar refractivity (Wildman–Crippen MR) is 128 cm³/mol. The molecule has 2 aliphatic rings. The minimum atomic E-state index is -0.449. The minimum absolute atomic E-state index is 0.0920. The first-order chi connectivity index (χ1) is 16.4. The van der Waals surface area contributed by atoms with Crippen LogP contribution in [0.5, 0.6) is 5.75 Å². The Morgan fingerprint density at radius 1 is 1.18 bits per heavy atom. The van der Waals surface area contributed by atoms with Crippen molar-refractivity contribution in [3.05, 3.63) is 48.0 Å². The highest BCUT2D eigenvalue weighted by Gasteiger charge is 2.49. The number of halogens is 1. The first-order valence-corrected chi connectivity index (χ1v) is 12.8. The Balaban J connectivity index is 1.46. The van der Waals surface area contributed by atoms with Crippen molar-refractivity contribution in [2.75, 3.05) is 31.0 Å². The Bertz CT molecular complexity index is 1320. The van der Waals surface area contributed by atoms with Crippen molar-refractivity contribution in [1.29, 1.82) is 5.26 Å². The van der Waals surface area contributed by atoms with Gasteiger partial charge >= 0.3 is 0 Å². The van der Waals surface area contributed by atoms with Gasteiger partial charge in [-0.25, -0.2) is 18.7 Å². The molecule has 34 heavy (non-hydrogen) atoms. The van der Waals surface area contributed by atoms with Crippen molar-refractivity contribution >= 4 is 38.8 Å².